The lowest BCUT2D eigenvalue weighted by atomic mass is 9.98. The zero-order valence-corrected chi connectivity index (χ0v) is 12.7. The zero-order chi connectivity index (χ0) is 14.7. The molecule has 2 aromatic rings. The molecule has 2 heterocycles. The third kappa shape index (κ3) is 3.34. The summed E-state index contributed by atoms with van der Waals surface area (Å²) in [5.74, 6) is 0.694. The van der Waals surface area contributed by atoms with Gasteiger partial charge in [-0.3, -0.25) is 0 Å². The summed E-state index contributed by atoms with van der Waals surface area (Å²) in [7, 11) is 2.21. The van der Waals surface area contributed by atoms with Crippen molar-refractivity contribution in [3.8, 4) is 0 Å². The van der Waals surface area contributed by atoms with Gasteiger partial charge in [0.05, 0.1) is 24.3 Å². The van der Waals surface area contributed by atoms with E-state index in [1.165, 1.54) is 19.4 Å². The lowest BCUT2D eigenvalue weighted by molar-refractivity contribution is 0.193. The van der Waals surface area contributed by atoms with Crippen molar-refractivity contribution < 1.29 is 0 Å². The Balaban J connectivity index is 1.74. The summed E-state index contributed by atoms with van der Waals surface area (Å²) in [5.41, 5.74) is 8.67. The summed E-state index contributed by atoms with van der Waals surface area (Å²) < 4.78 is 2.24. The second kappa shape index (κ2) is 6.41. The Morgan fingerprint density at radius 3 is 2.90 bits per heavy atom. The van der Waals surface area contributed by atoms with Crippen molar-refractivity contribution in [3.05, 3.63) is 54.1 Å². The first-order valence-electron chi connectivity index (χ1n) is 7.73. The first kappa shape index (κ1) is 14.3. The van der Waals surface area contributed by atoms with Gasteiger partial charge in [-0.15, -0.1) is 0 Å². The van der Waals surface area contributed by atoms with Crippen LogP contribution in [-0.2, 0) is 6.54 Å². The molecule has 0 aliphatic carbocycles. The smallest absolute Gasteiger partial charge is 0.0948 e. The van der Waals surface area contributed by atoms with Crippen LogP contribution in [0.1, 0.15) is 30.1 Å². The molecule has 4 heteroatoms. The van der Waals surface area contributed by atoms with Crippen LogP contribution in [0.2, 0.25) is 0 Å². The SMILES string of the molecule is CN1CCCC(Cn2cncc2C(N)c2ccccc2)C1. The van der Waals surface area contributed by atoms with Crippen molar-refractivity contribution in [2.24, 2.45) is 11.7 Å². The van der Waals surface area contributed by atoms with Crippen LogP contribution in [0.25, 0.3) is 0 Å². The van der Waals surface area contributed by atoms with Gasteiger partial charge in [-0.2, -0.15) is 0 Å². The number of imidazole rings is 1. The van der Waals surface area contributed by atoms with Crippen molar-refractivity contribution in [2.75, 3.05) is 20.1 Å². The van der Waals surface area contributed by atoms with E-state index < -0.39 is 0 Å². The van der Waals surface area contributed by atoms with Gasteiger partial charge in [0.15, 0.2) is 0 Å². The van der Waals surface area contributed by atoms with Crippen molar-refractivity contribution in [2.45, 2.75) is 25.4 Å². The number of aromatic nitrogens is 2. The lowest BCUT2D eigenvalue weighted by Crippen LogP contribution is -2.34. The van der Waals surface area contributed by atoms with E-state index in [-0.39, 0.29) is 6.04 Å². The van der Waals surface area contributed by atoms with Crippen LogP contribution >= 0.6 is 0 Å². The maximum Gasteiger partial charge on any atom is 0.0948 e. The second-order valence-electron chi connectivity index (χ2n) is 6.13. The molecular weight excluding hydrogens is 260 g/mol. The van der Waals surface area contributed by atoms with Crippen LogP contribution in [0.15, 0.2) is 42.9 Å². The average Bonchev–Trinajstić information content (AvgIpc) is 2.95. The zero-order valence-electron chi connectivity index (χ0n) is 12.7. The Bertz CT molecular complexity index is 563. The van der Waals surface area contributed by atoms with Gasteiger partial charge in [-0.25, -0.2) is 4.98 Å². The number of piperidine rings is 1. The summed E-state index contributed by atoms with van der Waals surface area (Å²) in [4.78, 5) is 6.74. The third-order valence-electron chi connectivity index (χ3n) is 4.40. The molecule has 21 heavy (non-hydrogen) atoms. The first-order valence-corrected chi connectivity index (χ1v) is 7.73. The van der Waals surface area contributed by atoms with E-state index in [2.05, 4.69) is 33.6 Å². The van der Waals surface area contributed by atoms with Gasteiger partial charge in [0.1, 0.15) is 0 Å². The van der Waals surface area contributed by atoms with E-state index in [1.54, 1.807) is 0 Å². The summed E-state index contributed by atoms with van der Waals surface area (Å²) in [5, 5.41) is 0. The fraction of sp³-hybridized carbons (Fsp3) is 0.471. The monoisotopic (exact) mass is 284 g/mol. The Hall–Kier alpha value is -1.65. The quantitative estimate of drug-likeness (QED) is 0.937. The van der Waals surface area contributed by atoms with Gasteiger partial charge in [0, 0.05) is 13.1 Å². The molecule has 0 spiro atoms. The minimum Gasteiger partial charge on any atom is -0.333 e. The number of benzene rings is 1. The highest BCUT2D eigenvalue weighted by molar-refractivity contribution is 5.26. The molecule has 4 nitrogen and oxygen atoms in total. The highest BCUT2D eigenvalue weighted by Crippen LogP contribution is 2.22. The van der Waals surface area contributed by atoms with E-state index in [9.17, 15) is 0 Å². The molecule has 2 unspecified atom stereocenters. The summed E-state index contributed by atoms with van der Waals surface area (Å²) in [6, 6.07) is 10.1. The Morgan fingerprint density at radius 2 is 2.14 bits per heavy atom. The number of hydrogen-bond acceptors (Lipinski definition) is 3. The van der Waals surface area contributed by atoms with Gasteiger partial charge in [0.2, 0.25) is 0 Å². The largest absolute Gasteiger partial charge is 0.333 e. The van der Waals surface area contributed by atoms with Crippen LogP contribution < -0.4 is 5.73 Å². The van der Waals surface area contributed by atoms with Crippen LogP contribution in [0.3, 0.4) is 0 Å². The van der Waals surface area contributed by atoms with Gasteiger partial charge in [0.25, 0.3) is 0 Å². The number of nitrogens with two attached hydrogens (primary N) is 1. The number of hydrogen-bond donors (Lipinski definition) is 1. The highest BCUT2D eigenvalue weighted by Gasteiger charge is 2.20. The third-order valence-corrected chi connectivity index (χ3v) is 4.40. The van der Waals surface area contributed by atoms with Crippen LogP contribution in [0.4, 0.5) is 0 Å². The topological polar surface area (TPSA) is 47.1 Å². The maximum absolute atomic E-state index is 6.42. The van der Waals surface area contributed by atoms with E-state index in [1.807, 2.05) is 30.7 Å². The van der Waals surface area contributed by atoms with Crippen molar-refractivity contribution in [1.29, 1.82) is 0 Å². The van der Waals surface area contributed by atoms with E-state index >= 15 is 0 Å². The molecule has 1 aliphatic rings. The average molecular weight is 284 g/mol. The molecule has 1 aromatic heterocycles. The summed E-state index contributed by atoms with van der Waals surface area (Å²) >= 11 is 0. The molecule has 2 N–H and O–H groups in total. The normalized spacial score (nSPS) is 21.3. The predicted octanol–water partition coefficient (Wildman–Crippen LogP) is 2.27. The fourth-order valence-corrected chi connectivity index (χ4v) is 3.27. The van der Waals surface area contributed by atoms with Gasteiger partial charge in [-0.05, 0) is 37.9 Å². The predicted molar refractivity (Wildman–Crippen MR) is 84.9 cm³/mol. The molecule has 1 aliphatic heterocycles. The Labute approximate surface area is 126 Å². The van der Waals surface area contributed by atoms with Crippen LogP contribution in [-0.4, -0.2) is 34.6 Å². The number of likely N-dealkylation sites (tertiary alicyclic amines) is 1. The molecule has 0 amide bonds. The number of rotatable bonds is 4. The molecule has 1 aromatic carbocycles. The molecule has 0 bridgehead atoms. The molecule has 1 fully saturated rings. The Kier molecular flexibility index (Phi) is 4.36. The molecule has 112 valence electrons. The van der Waals surface area contributed by atoms with Gasteiger partial charge in [-0.1, -0.05) is 30.3 Å². The molecule has 0 radical (unpaired) electrons. The van der Waals surface area contributed by atoms with Crippen molar-refractivity contribution >= 4 is 0 Å². The van der Waals surface area contributed by atoms with Gasteiger partial charge < -0.3 is 15.2 Å². The maximum atomic E-state index is 6.42. The summed E-state index contributed by atoms with van der Waals surface area (Å²) in [6.07, 6.45) is 6.41. The molecule has 2 atom stereocenters. The van der Waals surface area contributed by atoms with Crippen LogP contribution in [0, 0.1) is 5.92 Å². The molecule has 3 rings (SSSR count). The second-order valence-corrected chi connectivity index (χ2v) is 6.13. The van der Waals surface area contributed by atoms with E-state index in [0.717, 1.165) is 24.3 Å². The molecular formula is C17H24N4. The minimum atomic E-state index is -0.102. The minimum absolute atomic E-state index is 0.102. The standard InChI is InChI=1S/C17H24N4/c1-20-9-5-6-14(11-20)12-21-13-19-10-16(21)17(18)15-7-3-2-4-8-15/h2-4,7-8,10,13-14,17H,5-6,9,11-12,18H2,1H3. The van der Waals surface area contributed by atoms with E-state index in [0.29, 0.717) is 5.92 Å². The van der Waals surface area contributed by atoms with Crippen molar-refractivity contribution in [1.82, 2.24) is 14.5 Å². The molecule has 1 saturated heterocycles. The lowest BCUT2D eigenvalue weighted by Gasteiger charge is -2.30. The van der Waals surface area contributed by atoms with Gasteiger partial charge >= 0.3 is 0 Å². The summed E-state index contributed by atoms with van der Waals surface area (Å²) in [6.45, 7) is 3.40. The first-order chi connectivity index (χ1) is 10.2. The van der Waals surface area contributed by atoms with Crippen molar-refractivity contribution in [3.63, 3.8) is 0 Å². The highest BCUT2D eigenvalue weighted by atomic mass is 15.1. The molecule has 0 saturated carbocycles. The fourth-order valence-electron chi connectivity index (χ4n) is 3.27. The Morgan fingerprint density at radius 1 is 1.33 bits per heavy atom. The van der Waals surface area contributed by atoms with E-state index in [4.69, 9.17) is 5.73 Å². The number of nitrogens with zero attached hydrogens (tertiary/aromatic N) is 3. The van der Waals surface area contributed by atoms with Crippen LogP contribution in [0.5, 0.6) is 0 Å².